The SMILES string of the molecule is CCC(=O)N(CCCOc1ccc(CCC(Nc2ccccc2OCc2ccccc2)C(=O)O)cc1)c1ccc(C)cc1. The van der Waals surface area contributed by atoms with Crippen molar-refractivity contribution >= 4 is 23.3 Å². The molecule has 1 unspecified atom stereocenters. The Hall–Kier alpha value is -4.78. The van der Waals surface area contributed by atoms with E-state index in [1.807, 2.05) is 122 Å². The number of carbonyl (C=O) groups excluding carboxylic acids is 1. The number of para-hydroxylation sites is 2. The van der Waals surface area contributed by atoms with Crippen LogP contribution in [0.4, 0.5) is 11.4 Å². The van der Waals surface area contributed by atoms with Crippen LogP contribution in [0, 0.1) is 6.92 Å². The van der Waals surface area contributed by atoms with Gasteiger partial charge in [0.1, 0.15) is 24.1 Å². The summed E-state index contributed by atoms with van der Waals surface area (Å²) in [6, 6.07) is 32.2. The van der Waals surface area contributed by atoms with Gasteiger partial charge >= 0.3 is 5.97 Å². The third-order valence-electron chi connectivity index (χ3n) is 7.14. The van der Waals surface area contributed by atoms with E-state index in [2.05, 4.69) is 5.32 Å². The summed E-state index contributed by atoms with van der Waals surface area (Å²) >= 11 is 0. The average Bonchev–Trinajstić information content (AvgIpc) is 3.03. The monoisotopic (exact) mass is 580 g/mol. The van der Waals surface area contributed by atoms with E-state index in [0.29, 0.717) is 56.9 Å². The number of benzene rings is 4. The first-order chi connectivity index (χ1) is 20.9. The molecular formula is C36H40N2O5. The van der Waals surface area contributed by atoms with Gasteiger partial charge in [0.2, 0.25) is 5.91 Å². The zero-order valence-electron chi connectivity index (χ0n) is 24.9. The largest absolute Gasteiger partial charge is 0.494 e. The lowest BCUT2D eigenvalue weighted by Crippen LogP contribution is -2.32. The Morgan fingerprint density at radius 2 is 1.53 bits per heavy atom. The number of carboxylic acids is 1. The second-order valence-electron chi connectivity index (χ2n) is 10.4. The van der Waals surface area contributed by atoms with Crippen LogP contribution in [0.3, 0.4) is 0 Å². The number of anilines is 2. The van der Waals surface area contributed by atoms with Crippen LogP contribution in [-0.4, -0.2) is 36.2 Å². The minimum absolute atomic E-state index is 0.0885. The molecule has 4 aromatic rings. The first kappa shape index (κ1) is 31.2. The van der Waals surface area contributed by atoms with Crippen molar-refractivity contribution < 1.29 is 24.2 Å². The number of nitrogens with zero attached hydrogens (tertiary/aromatic N) is 1. The van der Waals surface area contributed by atoms with Gasteiger partial charge in [0.05, 0.1) is 12.3 Å². The summed E-state index contributed by atoms with van der Waals surface area (Å²) in [4.78, 5) is 26.4. The van der Waals surface area contributed by atoms with Crippen molar-refractivity contribution in [1.29, 1.82) is 0 Å². The van der Waals surface area contributed by atoms with E-state index >= 15 is 0 Å². The smallest absolute Gasteiger partial charge is 0.326 e. The highest BCUT2D eigenvalue weighted by atomic mass is 16.5. The number of amides is 1. The van der Waals surface area contributed by atoms with Crippen molar-refractivity contribution in [3.63, 3.8) is 0 Å². The van der Waals surface area contributed by atoms with Gasteiger partial charge in [-0.3, -0.25) is 4.79 Å². The van der Waals surface area contributed by atoms with E-state index in [1.54, 1.807) is 0 Å². The molecule has 1 atom stereocenters. The lowest BCUT2D eigenvalue weighted by molar-refractivity contribution is -0.138. The summed E-state index contributed by atoms with van der Waals surface area (Å²) in [5, 5.41) is 13.1. The molecule has 7 nitrogen and oxygen atoms in total. The zero-order chi connectivity index (χ0) is 30.4. The fourth-order valence-corrected chi connectivity index (χ4v) is 4.68. The van der Waals surface area contributed by atoms with Crippen molar-refractivity contribution in [2.45, 2.75) is 52.2 Å². The number of carboxylic acid groups (broad SMARTS) is 1. The number of hydrogen-bond acceptors (Lipinski definition) is 5. The molecule has 0 aliphatic carbocycles. The Bertz CT molecular complexity index is 1440. The average molecular weight is 581 g/mol. The Morgan fingerprint density at radius 3 is 2.23 bits per heavy atom. The van der Waals surface area contributed by atoms with Gasteiger partial charge in [-0.15, -0.1) is 0 Å². The highest BCUT2D eigenvalue weighted by Gasteiger charge is 2.19. The molecule has 1 amide bonds. The van der Waals surface area contributed by atoms with E-state index in [-0.39, 0.29) is 5.91 Å². The second-order valence-corrected chi connectivity index (χ2v) is 10.4. The topological polar surface area (TPSA) is 88.1 Å². The fourth-order valence-electron chi connectivity index (χ4n) is 4.68. The van der Waals surface area contributed by atoms with E-state index in [0.717, 1.165) is 28.1 Å². The quantitative estimate of drug-likeness (QED) is 0.135. The van der Waals surface area contributed by atoms with Crippen molar-refractivity contribution in [1.82, 2.24) is 0 Å². The fraction of sp³-hybridized carbons (Fsp3) is 0.278. The van der Waals surface area contributed by atoms with Crippen LogP contribution in [0.5, 0.6) is 11.5 Å². The maximum Gasteiger partial charge on any atom is 0.326 e. The summed E-state index contributed by atoms with van der Waals surface area (Å²) < 4.78 is 11.9. The molecule has 0 spiro atoms. The summed E-state index contributed by atoms with van der Waals surface area (Å²) in [6.07, 6.45) is 2.14. The number of ether oxygens (including phenoxy) is 2. The van der Waals surface area contributed by atoms with Gasteiger partial charge in [-0.1, -0.05) is 79.2 Å². The van der Waals surface area contributed by atoms with Crippen molar-refractivity contribution in [2.75, 3.05) is 23.4 Å². The van der Waals surface area contributed by atoms with Gasteiger partial charge in [0, 0.05) is 18.7 Å². The molecule has 0 aliphatic rings. The molecule has 0 aromatic heterocycles. The molecule has 0 radical (unpaired) electrons. The molecule has 7 heteroatoms. The van der Waals surface area contributed by atoms with Crippen LogP contribution in [-0.2, 0) is 22.6 Å². The lowest BCUT2D eigenvalue weighted by Gasteiger charge is -2.22. The predicted molar refractivity (Wildman–Crippen MR) is 171 cm³/mol. The number of nitrogens with one attached hydrogen (secondary N) is 1. The minimum Gasteiger partial charge on any atom is -0.494 e. The molecule has 43 heavy (non-hydrogen) atoms. The Balaban J connectivity index is 1.26. The Kier molecular flexibility index (Phi) is 11.6. The van der Waals surface area contributed by atoms with Gasteiger partial charge in [-0.2, -0.15) is 0 Å². The van der Waals surface area contributed by atoms with Gasteiger partial charge in [-0.25, -0.2) is 4.79 Å². The van der Waals surface area contributed by atoms with Crippen LogP contribution in [0.1, 0.15) is 42.9 Å². The highest BCUT2D eigenvalue weighted by Crippen LogP contribution is 2.26. The third-order valence-corrected chi connectivity index (χ3v) is 7.14. The molecular weight excluding hydrogens is 540 g/mol. The van der Waals surface area contributed by atoms with E-state index in [1.165, 1.54) is 0 Å². The van der Waals surface area contributed by atoms with Crippen LogP contribution >= 0.6 is 0 Å². The molecule has 2 N–H and O–H groups in total. The van der Waals surface area contributed by atoms with Crippen LogP contribution in [0.25, 0.3) is 0 Å². The minimum atomic E-state index is -0.918. The van der Waals surface area contributed by atoms with Gasteiger partial charge in [0.15, 0.2) is 0 Å². The van der Waals surface area contributed by atoms with Crippen molar-refractivity contribution in [3.05, 3.63) is 120 Å². The summed E-state index contributed by atoms with van der Waals surface area (Å²) in [6.45, 7) is 5.36. The van der Waals surface area contributed by atoms with Crippen LogP contribution in [0.15, 0.2) is 103 Å². The summed E-state index contributed by atoms with van der Waals surface area (Å²) in [5.41, 5.74) is 4.77. The summed E-state index contributed by atoms with van der Waals surface area (Å²) in [7, 11) is 0. The van der Waals surface area contributed by atoms with E-state index in [9.17, 15) is 14.7 Å². The first-order valence-electron chi connectivity index (χ1n) is 14.8. The molecule has 0 saturated heterocycles. The van der Waals surface area contributed by atoms with Crippen LogP contribution in [0.2, 0.25) is 0 Å². The van der Waals surface area contributed by atoms with Crippen LogP contribution < -0.4 is 19.7 Å². The van der Waals surface area contributed by atoms with Gasteiger partial charge in [0.25, 0.3) is 0 Å². The number of hydrogen-bond donors (Lipinski definition) is 2. The Morgan fingerprint density at radius 1 is 0.837 bits per heavy atom. The zero-order valence-corrected chi connectivity index (χ0v) is 24.9. The molecule has 0 saturated carbocycles. The van der Waals surface area contributed by atoms with Crippen molar-refractivity contribution in [3.8, 4) is 11.5 Å². The van der Waals surface area contributed by atoms with Gasteiger partial charge < -0.3 is 24.8 Å². The normalized spacial score (nSPS) is 11.4. The maximum atomic E-state index is 12.5. The van der Waals surface area contributed by atoms with Gasteiger partial charge in [-0.05, 0) is 73.7 Å². The summed E-state index contributed by atoms with van der Waals surface area (Å²) in [5.74, 6) is 0.523. The lowest BCUT2D eigenvalue weighted by atomic mass is 10.0. The molecule has 0 heterocycles. The second kappa shape index (κ2) is 16.0. The number of aliphatic carboxylic acids is 1. The first-order valence-corrected chi connectivity index (χ1v) is 14.8. The molecule has 4 aromatic carbocycles. The molecule has 0 bridgehead atoms. The number of rotatable bonds is 16. The highest BCUT2D eigenvalue weighted by molar-refractivity contribution is 5.93. The van der Waals surface area contributed by atoms with Crippen molar-refractivity contribution in [2.24, 2.45) is 0 Å². The molecule has 0 aliphatic heterocycles. The van der Waals surface area contributed by atoms with E-state index in [4.69, 9.17) is 9.47 Å². The third kappa shape index (κ3) is 9.64. The predicted octanol–water partition coefficient (Wildman–Crippen LogP) is 7.28. The maximum absolute atomic E-state index is 12.5. The molecule has 0 fully saturated rings. The number of aryl methyl sites for hydroxylation is 2. The molecule has 4 rings (SSSR count). The number of carbonyl (C=O) groups is 2. The Labute approximate surface area is 254 Å². The standard InChI is InChI=1S/C36H40N2O5/c1-3-35(39)38(30-19-14-27(2)15-20-30)24-9-25-42-31-21-16-28(17-22-31)18-23-33(36(40)41)37-32-12-7-8-13-34(32)43-26-29-10-5-4-6-11-29/h4-8,10-17,19-22,33,37H,3,9,18,23-26H2,1-2H3,(H,40,41). The molecule has 224 valence electrons. The van der Waals surface area contributed by atoms with E-state index < -0.39 is 12.0 Å².